The molecule has 0 radical (unpaired) electrons. The van der Waals surface area contributed by atoms with Crippen LogP contribution in [0.2, 0.25) is 0 Å². The first kappa shape index (κ1) is 17.0. The molecule has 1 aromatic heterocycles. The van der Waals surface area contributed by atoms with Gasteiger partial charge in [-0.15, -0.1) is 0 Å². The number of pyridine rings is 1. The summed E-state index contributed by atoms with van der Waals surface area (Å²) in [7, 11) is 0. The van der Waals surface area contributed by atoms with Gasteiger partial charge in [0, 0.05) is 51.1 Å². The average Bonchev–Trinajstić information content (AvgIpc) is 3.04. The molecule has 2 amide bonds. The third-order valence-electron chi connectivity index (χ3n) is 4.09. The standard InChI is InChI=1S/C16H22N4O3S/c21-15(3-4-20-7-10-24-16(20)22)18-12-13-1-2-14(17-11-13)19-5-8-23-9-6-19/h1-2,11H,3-10,12H2,(H,18,21). The van der Waals surface area contributed by atoms with Crippen LogP contribution in [0.5, 0.6) is 0 Å². The maximum atomic E-state index is 11.9. The zero-order chi connectivity index (χ0) is 16.8. The van der Waals surface area contributed by atoms with E-state index in [-0.39, 0.29) is 11.1 Å². The fourth-order valence-corrected chi connectivity index (χ4v) is 3.51. The Balaban J connectivity index is 1.41. The van der Waals surface area contributed by atoms with Crippen molar-refractivity contribution in [3.05, 3.63) is 23.9 Å². The van der Waals surface area contributed by atoms with Gasteiger partial charge in [0.25, 0.3) is 5.24 Å². The predicted molar refractivity (Wildman–Crippen MR) is 93.2 cm³/mol. The molecular formula is C16H22N4O3S. The molecule has 2 aliphatic heterocycles. The summed E-state index contributed by atoms with van der Waals surface area (Å²) in [6.45, 7) is 4.87. The second kappa shape index (κ2) is 8.34. The van der Waals surface area contributed by atoms with Gasteiger partial charge in [0.15, 0.2) is 0 Å². The van der Waals surface area contributed by atoms with E-state index in [1.807, 2.05) is 12.1 Å². The Morgan fingerprint density at radius 2 is 2.12 bits per heavy atom. The van der Waals surface area contributed by atoms with Gasteiger partial charge >= 0.3 is 0 Å². The average molecular weight is 350 g/mol. The molecule has 24 heavy (non-hydrogen) atoms. The molecule has 130 valence electrons. The van der Waals surface area contributed by atoms with Crippen LogP contribution in [0.1, 0.15) is 12.0 Å². The van der Waals surface area contributed by atoms with Gasteiger partial charge in [0.1, 0.15) is 5.82 Å². The fourth-order valence-electron chi connectivity index (χ4n) is 2.66. The van der Waals surface area contributed by atoms with Crippen molar-refractivity contribution in [1.29, 1.82) is 0 Å². The number of anilines is 1. The van der Waals surface area contributed by atoms with E-state index in [1.165, 1.54) is 11.8 Å². The fraction of sp³-hybridized carbons (Fsp3) is 0.562. The number of hydrogen-bond donors (Lipinski definition) is 1. The first-order valence-electron chi connectivity index (χ1n) is 8.18. The highest BCUT2D eigenvalue weighted by atomic mass is 32.2. The number of rotatable bonds is 6. The first-order chi connectivity index (χ1) is 11.7. The van der Waals surface area contributed by atoms with E-state index in [9.17, 15) is 9.59 Å². The molecule has 3 rings (SSSR count). The highest BCUT2D eigenvalue weighted by Crippen LogP contribution is 2.17. The smallest absolute Gasteiger partial charge is 0.281 e. The quantitative estimate of drug-likeness (QED) is 0.828. The third-order valence-corrected chi connectivity index (χ3v) is 4.98. The number of thioether (sulfide) groups is 1. The Kier molecular flexibility index (Phi) is 5.92. The van der Waals surface area contributed by atoms with Crippen molar-refractivity contribution < 1.29 is 14.3 Å². The molecule has 1 aromatic rings. The van der Waals surface area contributed by atoms with Crippen molar-refractivity contribution in [2.45, 2.75) is 13.0 Å². The molecule has 1 N–H and O–H groups in total. The topological polar surface area (TPSA) is 74.8 Å². The number of ether oxygens (including phenoxy) is 1. The van der Waals surface area contributed by atoms with Gasteiger partial charge in [-0.05, 0) is 11.6 Å². The number of nitrogens with zero attached hydrogens (tertiary/aromatic N) is 3. The number of nitrogens with one attached hydrogen (secondary N) is 1. The monoisotopic (exact) mass is 350 g/mol. The molecule has 0 unspecified atom stereocenters. The lowest BCUT2D eigenvalue weighted by Gasteiger charge is -2.27. The van der Waals surface area contributed by atoms with E-state index < -0.39 is 0 Å². The zero-order valence-corrected chi connectivity index (χ0v) is 14.4. The molecule has 7 nitrogen and oxygen atoms in total. The van der Waals surface area contributed by atoms with Gasteiger partial charge in [-0.25, -0.2) is 4.98 Å². The van der Waals surface area contributed by atoms with Crippen LogP contribution in [0, 0.1) is 0 Å². The summed E-state index contributed by atoms with van der Waals surface area (Å²) in [5.41, 5.74) is 0.966. The van der Waals surface area contributed by atoms with Crippen LogP contribution in [-0.2, 0) is 16.1 Å². The molecule has 2 saturated heterocycles. The maximum Gasteiger partial charge on any atom is 0.281 e. The Bertz CT molecular complexity index is 575. The minimum Gasteiger partial charge on any atom is -0.378 e. The summed E-state index contributed by atoms with van der Waals surface area (Å²) in [4.78, 5) is 31.7. The van der Waals surface area contributed by atoms with Crippen molar-refractivity contribution in [2.75, 3.05) is 50.0 Å². The van der Waals surface area contributed by atoms with Gasteiger partial charge in [-0.1, -0.05) is 17.8 Å². The second-order valence-corrected chi connectivity index (χ2v) is 6.80. The predicted octanol–water partition coefficient (Wildman–Crippen LogP) is 1.09. The minimum atomic E-state index is -0.0445. The summed E-state index contributed by atoms with van der Waals surface area (Å²) in [5.74, 6) is 1.72. The summed E-state index contributed by atoms with van der Waals surface area (Å²) < 4.78 is 5.33. The lowest BCUT2D eigenvalue weighted by atomic mass is 10.2. The molecule has 0 spiro atoms. The number of amides is 2. The van der Waals surface area contributed by atoms with Crippen molar-refractivity contribution in [1.82, 2.24) is 15.2 Å². The molecule has 0 bridgehead atoms. The molecular weight excluding hydrogens is 328 g/mol. The van der Waals surface area contributed by atoms with Gasteiger partial charge in [0.05, 0.1) is 13.2 Å². The Morgan fingerprint density at radius 1 is 1.29 bits per heavy atom. The molecule has 2 fully saturated rings. The number of carbonyl (C=O) groups excluding carboxylic acids is 2. The molecule has 8 heteroatoms. The van der Waals surface area contributed by atoms with E-state index in [4.69, 9.17) is 4.74 Å². The largest absolute Gasteiger partial charge is 0.378 e. The summed E-state index contributed by atoms with van der Waals surface area (Å²) in [5, 5.41) is 2.95. The highest BCUT2D eigenvalue weighted by molar-refractivity contribution is 8.13. The second-order valence-electron chi connectivity index (χ2n) is 5.75. The first-order valence-corrected chi connectivity index (χ1v) is 9.17. The van der Waals surface area contributed by atoms with Crippen LogP contribution in [-0.4, -0.2) is 66.2 Å². The van der Waals surface area contributed by atoms with E-state index in [0.29, 0.717) is 19.5 Å². The van der Waals surface area contributed by atoms with Crippen LogP contribution in [0.15, 0.2) is 18.3 Å². The SMILES string of the molecule is O=C(CCN1CCSC1=O)NCc1ccc(N2CCOCC2)nc1. The summed E-state index contributed by atoms with van der Waals surface area (Å²) >= 11 is 1.32. The number of aromatic nitrogens is 1. The van der Waals surface area contributed by atoms with Crippen LogP contribution in [0.4, 0.5) is 10.6 Å². The van der Waals surface area contributed by atoms with Crippen LogP contribution in [0.3, 0.4) is 0 Å². The van der Waals surface area contributed by atoms with Crippen molar-refractivity contribution in [3.8, 4) is 0 Å². The zero-order valence-electron chi connectivity index (χ0n) is 13.6. The van der Waals surface area contributed by atoms with Gasteiger partial charge < -0.3 is 19.9 Å². The van der Waals surface area contributed by atoms with E-state index >= 15 is 0 Å². The van der Waals surface area contributed by atoms with E-state index in [1.54, 1.807) is 11.1 Å². The molecule has 0 aromatic carbocycles. The van der Waals surface area contributed by atoms with Crippen molar-refractivity contribution in [2.24, 2.45) is 0 Å². The normalized spacial score (nSPS) is 18.1. The van der Waals surface area contributed by atoms with Crippen LogP contribution < -0.4 is 10.2 Å². The van der Waals surface area contributed by atoms with Crippen molar-refractivity contribution >= 4 is 28.7 Å². The molecule has 0 saturated carbocycles. The van der Waals surface area contributed by atoms with Crippen LogP contribution >= 0.6 is 11.8 Å². The van der Waals surface area contributed by atoms with Gasteiger partial charge in [-0.3, -0.25) is 9.59 Å². The Morgan fingerprint density at radius 3 is 2.79 bits per heavy atom. The maximum absolute atomic E-state index is 11.9. The Labute approximate surface area is 145 Å². The van der Waals surface area contributed by atoms with Crippen molar-refractivity contribution in [3.63, 3.8) is 0 Å². The van der Waals surface area contributed by atoms with Crippen LogP contribution in [0.25, 0.3) is 0 Å². The minimum absolute atomic E-state index is 0.0445. The van der Waals surface area contributed by atoms with E-state index in [0.717, 1.165) is 50.0 Å². The highest BCUT2D eigenvalue weighted by Gasteiger charge is 2.21. The Hall–Kier alpha value is -1.80. The van der Waals surface area contributed by atoms with Gasteiger partial charge in [0.2, 0.25) is 5.91 Å². The summed E-state index contributed by atoms with van der Waals surface area (Å²) in [6.07, 6.45) is 2.14. The molecule has 0 atom stereocenters. The lowest BCUT2D eigenvalue weighted by molar-refractivity contribution is -0.121. The van der Waals surface area contributed by atoms with Gasteiger partial charge in [-0.2, -0.15) is 0 Å². The summed E-state index contributed by atoms with van der Waals surface area (Å²) in [6, 6.07) is 3.96. The number of morpholine rings is 1. The molecule has 3 heterocycles. The number of carbonyl (C=O) groups is 2. The third kappa shape index (κ3) is 4.61. The molecule has 2 aliphatic rings. The lowest BCUT2D eigenvalue weighted by Crippen LogP contribution is -2.36. The van der Waals surface area contributed by atoms with E-state index in [2.05, 4.69) is 15.2 Å². The number of hydrogen-bond acceptors (Lipinski definition) is 6. The molecule has 0 aliphatic carbocycles.